The van der Waals surface area contributed by atoms with Crippen LogP contribution in [0.3, 0.4) is 0 Å². The number of carbonyl (C=O) groups is 3. The minimum atomic E-state index is -3.11. The largest absolute Gasteiger partial charge is 0.509 e. The third kappa shape index (κ3) is 43.6. The molecule has 0 saturated carbocycles. The molecule has 0 saturated heterocycles. The molecule has 29 heteroatoms. The minimum Gasteiger partial charge on any atom is -0.460 e. The van der Waals surface area contributed by atoms with Crippen molar-refractivity contribution in [2.75, 3.05) is 18.7 Å². The summed E-state index contributed by atoms with van der Waals surface area (Å²) in [4.78, 5) is 35.5. The number of carbonyl (C=O) groups excluding carboxylic acids is 3. The highest BCUT2D eigenvalue weighted by Crippen LogP contribution is 2.29. The smallest absolute Gasteiger partial charge is 0.460 e. The van der Waals surface area contributed by atoms with Crippen molar-refractivity contribution in [2.45, 2.75) is 211 Å². The molecular formula is C44H108O16Si13. The monoisotopic (exact) mass is 1260 g/mol. The molecule has 1 atom stereocenters. The van der Waals surface area contributed by atoms with Crippen molar-refractivity contribution in [3.05, 3.63) is 36.5 Å². The van der Waals surface area contributed by atoms with Gasteiger partial charge in [0.1, 0.15) is 12.5 Å². The van der Waals surface area contributed by atoms with Gasteiger partial charge in [-0.15, -0.1) is 0 Å². The van der Waals surface area contributed by atoms with Gasteiger partial charge in [0.05, 0.1) is 0 Å². The lowest BCUT2D eigenvalue weighted by Gasteiger charge is -2.42. The minimum absolute atomic E-state index is 0.0531. The normalized spacial score (nSPS) is 14.6. The summed E-state index contributed by atoms with van der Waals surface area (Å²) in [7, 11) is -29.0. The van der Waals surface area contributed by atoms with Crippen molar-refractivity contribution in [2.24, 2.45) is 0 Å². The zero-order valence-electron chi connectivity index (χ0n) is 52.3. The van der Waals surface area contributed by atoms with Crippen LogP contribution in [0.25, 0.3) is 0 Å². The molecule has 0 radical (unpaired) electrons. The zero-order chi connectivity index (χ0) is 59.3. The van der Waals surface area contributed by atoms with Crippen LogP contribution in [0.5, 0.6) is 0 Å². The maximum absolute atomic E-state index is 11.9. The van der Waals surface area contributed by atoms with E-state index in [1.165, 1.54) is 0 Å². The SMILES string of the molecule is C=C(C)C(=O)OC[Si](C)(O[Si](C)(C)C)O[Si](C)(C)O[Si](C)(C)C.C=C(C)C(=O)OC[Si](C)(O[Si](C)(C)O[Si](C)(C)C)O[Si](C)(C)O[Si](C)(C)C.C=C(C)C(=O)OC[Si](O[Si](C)(C)C)(O[Si](C)(C)C)O[Si](C)(C)C. The number of esters is 3. The third-order valence-electron chi connectivity index (χ3n) is 7.30. The lowest BCUT2D eigenvalue weighted by atomic mass is 10.4. The lowest BCUT2D eigenvalue weighted by Crippen LogP contribution is -2.63. The number of ether oxygens (including phenoxy) is 3. The number of rotatable bonds is 29. The summed E-state index contributed by atoms with van der Waals surface area (Å²) in [5, 5.41) is 0. The molecule has 0 bridgehead atoms. The maximum Gasteiger partial charge on any atom is 0.509 e. The highest BCUT2D eigenvalue weighted by atomic mass is 28.5. The summed E-state index contributed by atoms with van der Waals surface area (Å²) in [5.41, 5.74) is 1.10. The molecule has 0 heterocycles. The van der Waals surface area contributed by atoms with E-state index >= 15 is 0 Å². The van der Waals surface area contributed by atoms with Crippen LogP contribution in [-0.2, 0) is 69.7 Å². The summed E-state index contributed by atoms with van der Waals surface area (Å²) in [6, 6.07) is 0. The van der Waals surface area contributed by atoms with Crippen LogP contribution in [-0.4, -0.2) is 146 Å². The highest BCUT2D eigenvalue weighted by molar-refractivity contribution is 6.92. The van der Waals surface area contributed by atoms with E-state index in [0.717, 1.165) is 0 Å². The van der Waals surface area contributed by atoms with E-state index in [1.54, 1.807) is 20.8 Å². The first kappa shape index (κ1) is 77.3. The third-order valence-corrected chi connectivity index (χ3v) is 48.7. The van der Waals surface area contributed by atoms with Crippen LogP contribution in [0.1, 0.15) is 20.8 Å². The van der Waals surface area contributed by atoms with Crippen molar-refractivity contribution in [3.63, 3.8) is 0 Å². The van der Waals surface area contributed by atoms with E-state index in [4.69, 9.17) is 55.4 Å². The van der Waals surface area contributed by atoms with Crippen LogP contribution in [0.15, 0.2) is 36.5 Å². The Kier molecular flexibility index (Phi) is 30.7. The first-order valence-electron chi connectivity index (χ1n) is 25.0. The second kappa shape index (κ2) is 29.0. The van der Waals surface area contributed by atoms with Crippen LogP contribution in [0.2, 0.25) is 190 Å². The Labute approximate surface area is 460 Å². The summed E-state index contributed by atoms with van der Waals surface area (Å²) in [6.07, 6.45) is 0.307. The van der Waals surface area contributed by atoms with Crippen LogP contribution < -0.4 is 0 Å². The number of hydrogen-bond donors (Lipinski definition) is 0. The van der Waals surface area contributed by atoms with Gasteiger partial charge in [0.25, 0.3) is 0 Å². The molecule has 1 unspecified atom stereocenters. The van der Waals surface area contributed by atoms with Gasteiger partial charge in [-0.1, -0.05) is 19.7 Å². The molecule has 0 aliphatic carbocycles. The second-order valence-corrected chi connectivity index (χ2v) is 79.9. The Morgan fingerprint density at radius 1 is 0.274 bits per heavy atom. The van der Waals surface area contributed by atoms with Crippen LogP contribution in [0, 0.1) is 0 Å². The molecule has 0 aromatic carbocycles. The fraction of sp³-hybridized carbons (Fsp3) is 0.795. The Morgan fingerprint density at radius 2 is 0.452 bits per heavy atom. The lowest BCUT2D eigenvalue weighted by molar-refractivity contribution is -0.138. The van der Waals surface area contributed by atoms with Crippen LogP contribution >= 0.6 is 0 Å². The van der Waals surface area contributed by atoms with Gasteiger partial charge in [0.2, 0.25) is 0 Å². The maximum atomic E-state index is 11.9. The van der Waals surface area contributed by atoms with Crippen molar-refractivity contribution in [3.8, 4) is 0 Å². The molecule has 0 spiro atoms. The standard InChI is InChI=1S/C16H40O6Si5.2C14H34O5Si4/c1-15(2)16(17)18-14-27(13,21-25(9,10)19-23(3,4)5)22-26(11,12)20-24(6,7)8;1-13(2)14(15)16-12-23(11,18-21(6,7)8)19-22(9,10)17-20(3,4)5;1-13(2)14(15)16-12-23(17-20(3,4)5,18-21(6,7)8)19-22(9,10)11/h1,14H2,2-13H3;2*1,12H2,2-11H3. The molecular weight excluding hydrogens is 1150 g/mol. The van der Waals surface area contributed by atoms with Gasteiger partial charge in [0, 0.05) is 16.7 Å². The van der Waals surface area contributed by atoms with Gasteiger partial charge in [0.15, 0.2) is 64.5 Å². The van der Waals surface area contributed by atoms with Crippen molar-refractivity contribution in [1.29, 1.82) is 0 Å². The van der Waals surface area contributed by atoms with Gasteiger partial charge in [-0.05, 0) is 211 Å². The fourth-order valence-corrected chi connectivity index (χ4v) is 60.7. The first-order valence-corrected chi connectivity index (χ1v) is 64.3. The predicted octanol–water partition coefficient (Wildman–Crippen LogP) is 13.1. The van der Waals surface area contributed by atoms with Gasteiger partial charge in [-0.3, -0.25) is 0 Å². The Morgan fingerprint density at radius 3 is 0.630 bits per heavy atom. The molecule has 0 aromatic rings. The van der Waals surface area contributed by atoms with Gasteiger partial charge >= 0.3 is 69.5 Å². The van der Waals surface area contributed by atoms with E-state index in [-0.39, 0.29) is 18.7 Å². The molecule has 0 fully saturated rings. The van der Waals surface area contributed by atoms with Crippen LogP contribution in [0.4, 0.5) is 0 Å². The van der Waals surface area contributed by atoms with Crippen molar-refractivity contribution < 1.29 is 69.7 Å². The van der Waals surface area contributed by atoms with Gasteiger partial charge in [-0.2, -0.15) is 0 Å². The molecule has 73 heavy (non-hydrogen) atoms. The molecule has 0 aliphatic heterocycles. The summed E-state index contributed by atoms with van der Waals surface area (Å²) >= 11 is 0. The number of hydrogen-bond acceptors (Lipinski definition) is 16. The molecule has 432 valence electrons. The highest BCUT2D eigenvalue weighted by Gasteiger charge is 2.52. The Hall–Kier alpha value is 0.0495. The average molecular weight is 1260 g/mol. The first-order chi connectivity index (χ1) is 31.6. The van der Waals surface area contributed by atoms with Crippen molar-refractivity contribution in [1.82, 2.24) is 0 Å². The topological polar surface area (TPSA) is 171 Å². The molecule has 0 rings (SSSR count). The van der Waals surface area contributed by atoms with E-state index in [0.29, 0.717) is 16.7 Å². The predicted molar refractivity (Wildman–Crippen MR) is 333 cm³/mol. The van der Waals surface area contributed by atoms with E-state index in [2.05, 4.69) is 157 Å². The van der Waals surface area contributed by atoms with Gasteiger partial charge in [-0.25, -0.2) is 14.4 Å². The fourth-order valence-electron chi connectivity index (χ4n) is 7.11. The molecule has 0 amide bonds. The molecule has 0 aromatic heterocycles. The van der Waals surface area contributed by atoms with E-state index < -0.39 is 128 Å². The molecule has 0 N–H and O–H groups in total. The summed E-state index contributed by atoms with van der Waals surface area (Å²) < 4.78 is 80.1. The molecule has 16 nitrogen and oxygen atoms in total. The van der Waals surface area contributed by atoms with E-state index in [1.807, 2.05) is 52.4 Å². The van der Waals surface area contributed by atoms with Crippen molar-refractivity contribution >= 4 is 128 Å². The zero-order valence-corrected chi connectivity index (χ0v) is 65.3. The quantitative estimate of drug-likeness (QED) is 0.0299. The summed E-state index contributed by atoms with van der Waals surface area (Å²) in [6.45, 7) is 76.2. The van der Waals surface area contributed by atoms with Gasteiger partial charge < -0.3 is 55.4 Å². The Bertz CT molecular complexity index is 1750. The average Bonchev–Trinajstić information content (AvgIpc) is 3.01. The van der Waals surface area contributed by atoms with E-state index in [9.17, 15) is 14.4 Å². The second-order valence-electron chi connectivity index (χ2n) is 27.0. The summed E-state index contributed by atoms with van der Waals surface area (Å²) in [5.74, 6) is -1.27. The Balaban J connectivity index is -0.00000101. The molecule has 0 aliphatic rings.